The lowest BCUT2D eigenvalue weighted by atomic mass is 10.2. The van der Waals surface area contributed by atoms with Gasteiger partial charge in [0.1, 0.15) is 0 Å². The zero-order valence-corrected chi connectivity index (χ0v) is 8.02. The van der Waals surface area contributed by atoms with Crippen molar-refractivity contribution in [1.82, 2.24) is 4.98 Å². The van der Waals surface area contributed by atoms with Crippen LogP contribution in [0.5, 0.6) is 0 Å². The summed E-state index contributed by atoms with van der Waals surface area (Å²) >= 11 is 1.65. The second kappa shape index (κ2) is 3.26. The molecular formula is C10H9NOS. The maximum atomic E-state index is 11.4. The minimum Gasteiger partial charge on any atom is -0.329 e. The molecule has 1 aromatic heterocycles. The quantitative estimate of drug-likeness (QED) is 0.701. The van der Waals surface area contributed by atoms with E-state index in [2.05, 4.69) is 4.98 Å². The van der Waals surface area contributed by atoms with Crippen LogP contribution >= 0.6 is 11.8 Å². The number of hydrogen-bond donors (Lipinski definition) is 1. The van der Waals surface area contributed by atoms with E-state index in [1.165, 1.54) is 0 Å². The van der Waals surface area contributed by atoms with E-state index < -0.39 is 0 Å². The molecule has 0 spiro atoms. The molecule has 0 bridgehead atoms. The highest BCUT2D eigenvalue weighted by Crippen LogP contribution is 2.23. The number of benzene rings is 1. The second-order valence-electron chi connectivity index (χ2n) is 2.73. The molecule has 0 fully saturated rings. The van der Waals surface area contributed by atoms with Crippen LogP contribution in [0, 0.1) is 0 Å². The van der Waals surface area contributed by atoms with Gasteiger partial charge in [-0.15, -0.1) is 11.8 Å². The molecule has 1 heterocycles. The van der Waals surface area contributed by atoms with Crippen LogP contribution in [0.4, 0.5) is 0 Å². The lowest BCUT2D eigenvalue weighted by Crippen LogP contribution is -2.04. The van der Waals surface area contributed by atoms with Gasteiger partial charge in [0.2, 0.25) is 0 Å². The van der Waals surface area contributed by atoms with Crippen LogP contribution in [-0.2, 0) is 0 Å². The smallest absolute Gasteiger partial charge is 0.255 e. The molecule has 66 valence electrons. The van der Waals surface area contributed by atoms with Gasteiger partial charge < -0.3 is 4.98 Å². The van der Waals surface area contributed by atoms with Gasteiger partial charge in [-0.2, -0.15) is 0 Å². The first-order valence-corrected chi connectivity index (χ1v) is 5.20. The van der Waals surface area contributed by atoms with E-state index in [1.807, 2.05) is 30.5 Å². The number of aromatic nitrogens is 1. The van der Waals surface area contributed by atoms with E-state index in [0.29, 0.717) is 0 Å². The molecule has 0 saturated carbocycles. The minimum atomic E-state index is -0.0200. The SMILES string of the molecule is CSc1cccc2c(=O)[nH]ccc12. The number of rotatable bonds is 1. The van der Waals surface area contributed by atoms with E-state index in [4.69, 9.17) is 0 Å². The molecule has 2 nitrogen and oxygen atoms in total. The summed E-state index contributed by atoms with van der Waals surface area (Å²) in [5.41, 5.74) is -0.0200. The maximum absolute atomic E-state index is 11.4. The van der Waals surface area contributed by atoms with Gasteiger partial charge >= 0.3 is 0 Å². The molecule has 0 aliphatic carbocycles. The highest BCUT2D eigenvalue weighted by atomic mass is 32.2. The largest absolute Gasteiger partial charge is 0.329 e. The van der Waals surface area contributed by atoms with Crippen molar-refractivity contribution in [2.45, 2.75) is 4.90 Å². The molecule has 2 rings (SSSR count). The van der Waals surface area contributed by atoms with Crippen molar-refractivity contribution in [2.24, 2.45) is 0 Å². The fraction of sp³-hybridized carbons (Fsp3) is 0.100. The molecule has 0 aliphatic heterocycles. The van der Waals surface area contributed by atoms with Gasteiger partial charge in [-0.25, -0.2) is 0 Å². The summed E-state index contributed by atoms with van der Waals surface area (Å²) in [5, 5.41) is 1.79. The van der Waals surface area contributed by atoms with Gasteiger partial charge in [-0.05, 0) is 24.5 Å². The minimum absolute atomic E-state index is 0.0200. The van der Waals surface area contributed by atoms with Crippen molar-refractivity contribution in [2.75, 3.05) is 6.26 Å². The molecule has 2 aromatic rings. The van der Waals surface area contributed by atoms with Crippen LogP contribution in [0.1, 0.15) is 0 Å². The Hall–Kier alpha value is -1.22. The zero-order valence-electron chi connectivity index (χ0n) is 7.20. The Balaban J connectivity index is 2.92. The van der Waals surface area contributed by atoms with E-state index in [9.17, 15) is 4.79 Å². The van der Waals surface area contributed by atoms with Crippen molar-refractivity contribution in [3.63, 3.8) is 0 Å². The Labute approximate surface area is 80.0 Å². The van der Waals surface area contributed by atoms with Crippen LogP contribution in [-0.4, -0.2) is 11.2 Å². The van der Waals surface area contributed by atoms with Gasteiger partial charge in [-0.1, -0.05) is 6.07 Å². The molecule has 0 radical (unpaired) electrons. The number of hydrogen-bond acceptors (Lipinski definition) is 2. The lowest BCUT2D eigenvalue weighted by molar-refractivity contribution is 1.27. The average Bonchev–Trinajstić information content (AvgIpc) is 2.18. The van der Waals surface area contributed by atoms with Crippen molar-refractivity contribution in [3.05, 3.63) is 40.8 Å². The molecule has 0 atom stereocenters. The van der Waals surface area contributed by atoms with Gasteiger partial charge in [0.15, 0.2) is 0 Å². The molecule has 0 amide bonds. The third-order valence-corrected chi connectivity index (χ3v) is 2.79. The van der Waals surface area contributed by atoms with Gasteiger partial charge in [0.25, 0.3) is 5.56 Å². The molecule has 13 heavy (non-hydrogen) atoms. The monoisotopic (exact) mass is 191 g/mol. The number of thioether (sulfide) groups is 1. The number of pyridine rings is 1. The summed E-state index contributed by atoms with van der Waals surface area (Å²) in [6, 6.07) is 7.70. The van der Waals surface area contributed by atoms with E-state index in [1.54, 1.807) is 18.0 Å². The molecule has 1 aromatic carbocycles. The second-order valence-corrected chi connectivity index (χ2v) is 3.58. The first kappa shape index (κ1) is 8.38. The molecule has 3 heteroatoms. The summed E-state index contributed by atoms with van der Waals surface area (Å²) in [7, 11) is 0. The van der Waals surface area contributed by atoms with Crippen LogP contribution in [0.25, 0.3) is 10.8 Å². The number of aromatic amines is 1. The molecule has 0 saturated heterocycles. The summed E-state index contributed by atoms with van der Waals surface area (Å²) < 4.78 is 0. The normalized spacial score (nSPS) is 10.5. The van der Waals surface area contributed by atoms with E-state index in [0.717, 1.165) is 15.7 Å². The predicted octanol–water partition coefficient (Wildman–Crippen LogP) is 2.25. The first-order valence-electron chi connectivity index (χ1n) is 3.97. The van der Waals surface area contributed by atoms with Gasteiger partial charge in [-0.3, -0.25) is 4.79 Å². The maximum Gasteiger partial charge on any atom is 0.255 e. The Morgan fingerprint density at radius 1 is 1.23 bits per heavy atom. The van der Waals surface area contributed by atoms with Crippen LogP contribution in [0.3, 0.4) is 0 Å². The number of nitrogens with one attached hydrogen (secondary N) is 1. The summed E-state index contributed by atoms with van der Waals surface area (Å²) in [4.78, 5) is 15.2. The highest BCUT2D eigenvalue weighted by Gasteiger charge is 2.00. The standard InChI is InChI=1S/C10H9NOS/c1-13-9-4-2-3-8-7(9)5-6-11-10(8)12/h2-6H,1H3,(H,11,12). The Morgan fingerprint density at radius 2 is 2.08 bits per heavy atom. The summed E-state index contributed by atoms with van der Waals surface area (Å²) in [6.07, 6.45) is 3.69. The number of H-pyrrole nitrogens is 1. The summed E-state index contributed by atoms with van der Waals surface area (Å²) in [6.45, 7) is 0. The predicted molar refractivity (Wildman–Crippen MR) is 56.3 cm³/mol. The Kier molecular flexibility index (Phi) is 2.10. The average molecular weight is 191 g/mol. The highest BCUT2D eigenvalue weighted by molar-refractivity contribution is 7.98. The lowest BCUT2D eigenvalue weighted by Gasteiger charge is -2.01. The van der Waals surface area contributed by atoms with Crippen molar-refractivity contribution >= 4 is 22.5 Å². The number of fused-ring (bicyclic) bond motifs is 1. The molecule has 0 unspecified atom stereocenters. The third kappa shape index (κ3) is 1.35. The van der Waals surface area contributed by atoms with Crippen LogP contribution < -0.4 is 5.56 Å². The van der Waals surface area contributed by atoms with Gasteiger partial charge in [0, 0.05) is 21.9 Å². The Bertz CT molecular complexity index is 489. The summed E-state index contributed by atoms with van der Waals surface area (Å²) in [5.74, 6) is 0. The van der Waals surface area contributed by atoms with Crippen molar-refractivity contribution < 1.29 is 0 Å². The molecule has 0 aliphatic rings. The van der Waals surface area contributed by atoms with Crippen LogP contribution in [0.15, 0.2) is 40.2 Å². The van der Waals surface area contributed by atoms with Gasteiger partial charge in [0.05, 0.1) is 0 Å². The van der Waals surface area contributed by atoms with Crippen LogP contribution in [0.2, 0.25) is 0 Å². The molecule has 1 N–H and O–H groups in total. The van der Waals surface area contributed by atoms with E-state index in [-0.39, 0.29) is 5.56 Å². The van der Waals surface area contributed by atoms with Crippen molar-refractivity contribution in [3.8, 4) is 0 Å². The van der Waals surface area contributed by atoms with Crippen molar-refractivity contribution in [1.29, 1.82) is 0 Å². The molecular weight excluding hydrogens is 182 g/mol. The fourth-order valence-electron chi connectivity index (χ4n) is 1.37. The van der Waals surface area contributed by atoms with E-state index >= 15 is 0 Å². The third-order valence-electron chi connectivity index (χ3n) is 2.00. The topological polar surface area (TPSA) is 32.9 Å². The Morgan fingerprint density at radius 3 is 2.85 bits per heavy atom. The fourth-order valence-corrected chi connectivity index (χ4v) is 1.98. The first-order chi connectivity index (χ1) is 6.33. The zero-order chi connectivity index (χ0) is 9.26.